The van der Waals surface area contributed by atoms with Crippen molar-refractivity contribution in [3.8, 4) is 16.9 Å². The molecule has 13 heteroatoms. The molecule has 3 aromatic carbocycles. The Morgan fingerprint density at radius 2 is 1.62 bits per heavy atom. The Balaban J connectivity index is 1.41. The van der Waals surface area contributed by atoms with E-state index >= 15 is 0 Å². The highest BCUT2D eigenvalue weighted by molar-refractivity contribution is 7.86. The summed E-state index contributed by atoms with van der Waals surface area (Å²) in [4.78, 5) is 20.0. The van der Waals surface area contributed by atoms with E-state index in [2.05, 4.69) is 20.6 Å². The minimum Gasteiger partial charge on any atom is -0.487 e. The van der Waals surface area contributed by atoms with Crippen LogP contribution in [0.15, 0.2) is 77.7 Å². The second kappa shape index (κ2) is 10.7. The van der Waals surface area contributed by atoms with Crippen molar-refractivity contribution in [1.29, 1.82) is 0 Å². The maximum absolute atomic E-state index is 13.2. The number of nitrogens with one attached hydrogen (secondary N) is 2. The van der Waals surface area contributed by atoms with Gasteiger partial charge in [-0.05, 0) is 60.2 Å². The van der Waals surface area contributed by atoms with Gasteiger partial charge in [0, 0.05) is 22.0 Å². The number of carbonyl (C=O) groups is 1. The van der Waals surface area contributed by atoms with Crippen molar-refractivity contribution in [2.45, 2.75) is 11.5 Å². The Bertz CT molecular complexity index is 1550. The number of carbonyl (C=O) groups excluding carboxylic acids is 1. The topological polar surface area (TPSA) is 162 Å². The predicted octanol–water partition coefficient (Wildman–Crippen LogP) is 4.84. The van der Waals surface area contributed by atoms with E-state index in [0.717, 1.165) is 17.7 Å². The van der Waals surface area contributed by atoms with E-state index in [-0.39, 0.29) is 24.1 Å². The number of urea groups is 1. The molecule has 4 rings (SSSR count). The lowest BCUT2D eigenvalue weighted by molar-refractivity contribution is 0.262. The van der Waals surface area contributed by atoms with E-state index in [0.29, 0.717) is 27.7 Å². The summed E-state index contributed by atoms with van der Waals surface area (Å²) in [6.07, 6.45) is 0. The van der Waals surface area contributed by atoms with Gasteiger partial charge in [0.2, 0.25) is 5.95 Å². The number of aromatic nitrogens is 2. The Morgan fingerprint density at radius 3 is 2.30 bits per heavy atom. The van der Waals surface area contributed by atoms with Gasteiger partial charge in [-0.25, -0.2) is 9.78 Å². The largest absolute Gasteiger partial charge is 0.487 e. The molecule has 0 saturated carbocycles. The molecule has 0 radical (unpaired) electrons. The highest BCUT2D eigenvalue weighted by Crippen LogP contribution is 2.30. The third-order valence-electron chi connectivity index (χ3n) is 5.02. The minimum absolute atomic E-state index is 0.00836. The zero-order valence-corrected chi connectivity index (χ0v) is 20.6. The summed E-state index contributed by atoms with van der Waals surface area (Å²) in [7, 11) is -4.89. The van der Waals surface area contributed by atoms with Crippen molar-refractivity contribution in [2.75, 3.05) is 22.1 Å². The highest BCUT2D eigenvalue weighted by Gasteiger charge is 2.15. The quantitative estimate of drug-likeness (QED) is 0.241. The molecular weight excluding hydrogens is 523 g/mol. The van der Waals surface area contributed by atoms with Crippen LogP contribution in [-0.4, -0.2) is 24.4 Å². The van der Waals surface area contributed by atoms with Gasteiger partial charge in [0.05, 0.1) is 5.69 Å². The Morgan fingerprint density at radius 1 is 0.946 bits per heavy atom. The number of halogens is 2. The average Bonchev–Trinajstić information content (AvgIpc) is 2.84. The highest BCUT2D eigenvalue weighted by atomic mass is 35.5. The number of hydrogen-bond donors (Lipinski definition) is 4. The van der Waals surface area contributed by atoms with Gasteiger partial charge in [-0.2, -0.15) is 13.4 Å². The number of amides is 2. The molecule has 4 aromatic rings. The number of nitrogens with two attached hydrogens (primary N) is 2. The number of nitrogen functional groups attached to an aromatic ring is 2. The molecule has 190 valence electrons. The van der Waals surface area contributed by atoms with Crippen molar-refractivity contribution in [3.63, 3.8) is 0 Å². The van der Waals surface area contributed by atoms with Crippen molar-refractivity contribution in [2.24, 2.45) is 0 Å². The fourth-order valence-electron chi connectivity index (χ4n) is 3.39. The third-order valence-corrected chi connectivity index (χ3v) is 6.09. The van der Waals surface area contributed by atoms with Gasteiger partial charge in [0.25, 0.3) is 0 Å². The minimum atomic E-state index is -4.89. The summed E-state index contributed by atoms with van der Waals surface area (Å²) in [6.45, 7) is 0.0377. The first-order valence-corrected chi connectivity index (χ1v) is 12.4. The second-order valence-corrected chi connectivity index (χ2v) is 9.44. The van der Waals surface area contributed by atoms with Crippen molar-refractivity contribution in [1.82, 2.24) is 9.97 Å². The molecule has 37 heavy (non-hydrogen) atoms. The maximum Gasteiger partial charge on any atom is 0.332 e. The van der Waals surface area contributed by atoms with Gasteiger partial charge in [0.15, 0.2) is 0 Å². The number of ether oxygens (including phenoxy) is 1. The van der Waals surface area contributed by atoms with E-state index in [9.17, 15) is 17.1 Å². The molecule has 6 N–H and O–H groups in total. The molecule has 0 atom stereocenters. The zero-order valence-electron chi connectivity index (χ0n) is 19.0. The predicted molar refractivity (Wildman–Crippen MR) is 139 cm³/mol. The maximum atomic E-state index is 13.2. The molecule has 1 aromatic heterocycles. The lowest BCUT2D eigenvalue weighted by Crippen LogP contribution is -2.19. The number of nitrogens with zero attached hydrogens (tertiary/aromatic N) is 2. The molecule has 0 unspecified atom stereocenters. The molecule has 0 aliphatic carbocycles. The fourth-order valence-corrected chi connectivity index (χ4v) is 4.02. The zero-order chi connectivity index (χ0) is 26.6. The van der Waals surface area contributed by atoms with Crippen molar-refractivity contribution < 1.29 is 21.8 Å². The Kier molecular flexibility index (Phi) is 7.41. The SMILES string of the molecule is Nc1nc(N)c(-c2ccc(Cl)cc2)c(COc2ccc(NC(=O)Nc3cccc(S(=O)(=O)F)c3)cc2)n1. The summed E-state index contributed by atoms with van der Waals surface area (Å²) >= 11 is 5.98. The van der Waals surface area contributed by atoms with Crippen LogP contribution in [0.5, 0.6) is 5.75 Å². The molecular formula is C24H20ClFN6O4S. The van der Waals surface area contributed by atoms with Crippen LogP contribution in [0.25, 0.3) is 11.1 Å². The van der Waals surface area contributed by atoms with Crippen LogP contribution in [0.2, 0.25) is 5.02 Å². The molecule has 0 aliphatic heterocycles. The molecule has 0 aliphatic rings. The van der Waals surface area contributed by atoms with Gasteiger partial charge in [-0.15, -0.1) is 3.89 Å². The first kappa shape index (κ1) is 25.7. The second-order valence-electron chi connectivity index (χ2n) is 7.65. The molecule has 1 heterocycles. The van der Waals surface area contributed by atoms with E-state index in [4.69, 9.17) is 27.8 Å². The van der Waals surface area contributed by atoms with E-state index in [1.165, 1.54) is 12.1 Å². The average molecular weight is 543 g/mol. The van der Waals surface area contributed by atoms with Crippen LogP contribution in [0, 0.1) is 0 Å². The van der Waals surface area contributed by atoms with Gasteiger partial charge >= 0.3 is 16.3 Å². The van der Waals surface area contributed by atoms with E-state index < -0.39 is 21.1 Å². The molecule has 0 fully saturated rings. The van der Waals surface area contributed by atoms with Gasteiger partial charge in [0.1, 0.15) is 23.1 Å². The first-order valence-electron chi connectivity index (χ1n) is 10.6. The van der Waals surface area contributed by atoms with Crippen molar-refractivity contribution >= 4 is 51.0 Å². The Hall–Kier alpha value is -4.42. The lowest BCUT2D eigenvalue weighted by Gasteiger charge is -2.14. The molecule has 0 saturated heterocycles. The van der Waals surface area contributed by atoms with Gasteiger partial charge < -0.3 is 26.8 Å². The standard InChI is InChI=1S/C24H20ClFN6O4S/c25-15-6-4-14(5-7-15)21-20(31-23(28)32-22(21)27)13-36-18-10-8-16(9-11-18)29-24(33)30-17-2-1-3-19(12-17)37(26,34)35/h1-12H,13H2,(H2,29,30,33)(H4,27,28,31,32). The monoisotopic (exact) mass is 542 g/mol. The molecule has 2 amide bonds. The van der Waals surface area contributed by atoms with Crippen LogP contribution in [0.4, 0.5) is 31.8 Å². The van der Waals surface area contributed by atoms with E-state index in [1.807, 2.05) is 0 Å². The summed E-state index contributed by atoms with van der Waals surface area (Å²) < 4.78 is 41.1. The molecule has 0 bridgehead atoms. The van der Waals surface area contributed by atoms with Crippen LogP contribution in [-0.2, 0) is 16.8 Å². The van der Waals surface area contributed by atoms with Gasteiger partial charge in [-0.1, -0.05) is 29.8 Å². The lowest BCUT2D eigenvalue weighted by atomic mass is 10.0. The van der Waals surface area contributed by atoms with Crippen LogP contribution < -0.4 is 26.8 Å². The number of anilines is 4. The number of rotatable bonds is 7. The van der Waals surface area contributed by atoms with Gasteiger partial charge in [-0.3, -0.25) is 0 Å². The van der Waals surface area contributed by atoms with Crippen LogP contribution in [0.1, 0.15) is 5.69 Å². The van der Waals surface area contributed by atoms with Crippen molar-refractivity contribution in [3.05, 3.63) is 83.5 Å². The van der Waals surface area contributed by atoms with Crippen LogP contribution in [0.3, 0.4) is 0 Å². The Labute approximate surface area is 216 Å². The molecule has 0 spiro atoms. The summed E-state index contributed by atoms with van der Waals surface area (Å²) in [5.74, 6) is 0.687. The summed E-state index contributed by atoms with van der Waals surface area (Å²) in [5, 5.41) is 5.60. The van der Waals surface area contributed by atoms with Crippen LogP contribution >= 0.6 is 11.6 Å². The number of hydrogen-bond acceptors (Lipinski definition) is 8. The third kappa shape index (κ3) is 6.63. The summed E-state index contributed by atoms with van der Waals surface area (Å²) in [5.41, 5.74) is 14.2. The first-order chi connectivity index (χ1) is 17.6. The number of benzene rings is 3. The normalized spacial score (nSPS) is 11.1. The fraction of sp³-hybridized carbons (Fsp3) is 0.0417. The summed E-state index contributed by atoms with van der Waals surface area (Å²) in [6, 6.07) is 17.6. The van der Waals surface area contributed by atoms with E-state index in [1.54, 1.807) is 48.5 Å². The molecule has 10 nitrogen and oxygen atoms in total. The smallest absolute Gasteiger partial charge is 0.332 e.